The van der Waals surface area contributed by atoms with Gasteiger partial charge in [-0.25, -0.2) is 9.79 Å². The molecule has 0 atom stereocenters. The summed E-state index contributed by atoms with van der Waals surface area (Å²) >= 11 is 7.53. The number of fused-ring (bicyclic) bond motifs is 1. The number of rotatable bonds is 6. The second-order valence-electron chi connectivity index (χ2n) is 7.00. The second kappa shape index (κ2) is 9.45. The number of esters is 1. The summed E-state index contributed by atoms with van der Waals surface area (Å²) in [4.78, 5) is 18.5. The molecule has 0 N–H and O–H groups in total. The first kappa shape index (κ1) is 20.6. The van der Waals surface area contributed by atoms with E-state index in [-0.39, 0.29) is 5.97 Å². The Morgan fingerprint density at radius 1 is 1.13 bits per heavy atom. The summed E-state index contributed by atoms with van der Waals surface area (Å²) < 4.78 is 11.2. The van der Waals surface area contributed by atoms with Crippen LogP contribution in [0.15, 0.2) is 53.5 Å². The molecular formula is C24H22ClNO3S. The van der Waals surface area contributed by atoms with Crippen LogP contribution in [0, 0.1) is 0 Å². The van der Waals surface area contributed by atoms with E-state index >= 15 is 0 Å². The number of carbonyl (C=O) groups excluding carboxylic acids is 1. The van der Waals surface area contributed by atoms with E-state index in [1.54, 1.807) is 29.7 Å². The topological polar surface area (TPSA) is 47.9 Å². The normalized spacial score (nSPS) is 13.3. The Morgan fingerprint density at radius 3 is 2.73 bits per heavy atom. The molecular weight excluding hydrogens is 418 g/mol. The quantitative estimate of drug-likeness (QED) is 0.307. The Morgan fingerprint density at radius 2 is 1.93 bits per heavy atom. The van der Waals surface area contributed by atoms with Crippen molar-refractivity contribution in [3.8, 4) is 11.5 Å². The van der Waals surface area contributed by atoms with E-state index in [4.69, 9.17) is 21.1 Å². The zero-order valence-corrected chi connectivity index (χ0v) is 18.3. The number of benzene rings is 2. The Kier molecular flexibility index (Phi) is 6.50. The molecule has 154 valence electrons. The van der Waals surface area contributed by atoms with Crippen molar-refractivity contribution in [2.45, 2.75) is 32.6 Å². The van der Waals surface area contributed by atoms with Gasteiger partial charge in [0, 0.05) is 16.1 Å². The maximum absolute atomic E-state index is 12.6. The molecule has 0 fully saturated rings. The number of aryl methyl sites for hydroxylation is 1. The molecule has 0 spiro atoms. The van der Waals surface area contributed by atoms with E-state index in [1.165, 1.54) is 4.88 Å². The Hall–Kier alpha value is -2.63. The maximum atomic E-state index is 12.6. The summed E-state index contributed by atoms with van der Waals surface area (Å²) in [6.45, 7) is 2.18. The van der Waals surface area contributed by atoms with Gasteiger partial charge in [0.25, 0.3) is 0 Å². The largest absolute Gasteiger partial charge is 0.462 e. The first-order chi connectivity index (χ1) is 14.6. The highest BCUT2D eigenvalue weighted by Gasteiger charge is 2.25. The van der Waals surface area contributed by atoms with E-state index in [2.05, 4.69) is 4.99 Å². The Balaban J connectivity index is 1.58. The van der Waals surface area contributed by atoms with Crippen molar-refractivity contribution in [3.05, 3.63) is 75.1 Å². The van der Waals surface area contributed by atoms with Gasteiger partial charge in [-0.15, -0.1) is 11.3 Å². The summed E-state index contributed by atoms with van der Waals surface area (Å²) in [5, 5.41) is 1.39. The lowest BCUT2D eigenvalue weighted by atomic mass is 9.95. The number of aliphatic imine (C=N–C) groups is 1. The third-order valence-electron chi connectivity index (χ3n) is 4.87. The number of halogens is 1. The molecule has 30 heavy (non-hydrogen) atoms. The van der Waals surface area contributed by atoms with Gasteiger partial charge in [-0.05, 0) is 80.1 Å². The van der Waals surface area contributed by atoms with E-state index in [0.717, 1.165) is 41.8 Å². The highest BCUT2D eigenvalue weighted by Crippen LogP contribution is 2.40. The van der Waals surface area contributed by atoms with Gasteiger partial charge in [-0.3, -0.25) is 0 Å². The smallest absolute Gasteiger partial charge is 0.341 e. The summed E-state index contributed by atoms with van der Waals surface area (Å²) in [5.74, 6) is 1.14. The highest BCUT2D eigenvalue weighted by molar-refractivity contribution is 7.16. The Labute approximate surface area is 185 Å². The highest BCUT2D eigenvalue weighted by atomic mass is 35.5. The van der Waals surface area contributed by atoms with Crippen LogP contribution in [-0.4, -0.2) is 18.8 Å². The average Bonchev–Trinajstić information content (AvgIpc) is 3.13. The van der Waals surface area contributed by atoms with Crippen molar-refractivity contribution in [3.63, 3.8) is 0 Å². The molecule has 0 amide bonds. The number of carbonyl (C=O) groups is 1. The minimum absolute atomic E-state index is 0.274. The van der Waals surface area contributed by atoms with E-state index in [9.17, 15) is 4.79 Å². The second-order valence-corrected chi connectivity index (χ2v) is 8.52. The number of ether oxygens (including phenoxy) is 2. The molecule has 1 heterocycles. The minimum Gasteiger partial charge on any atom is -0.462 e. The van der Waals surface area contributed by atoms with Crippen LogP contribution in [0.3, 0.4) is 0 Å². The molecule has 6 heteroatoms. The SMILES string of the molecule is CCOC(=O)c1c(N=Cc2cccc(Oc3ccc(Cl)cc3)c2)sc2c1CCCC2. The predicted octanol–water partition coefficient (Wildman–Crippen LogP) is 7.00. The fourth-order valence-corrected chi connectivity index (χ4v) is 4.83. The van der Waals surface area contributed by atoms with Gasteiger partial charge in [0.2, 0.25) is 0 Å². The molecule has 0 unspecified atom stereocenters. The van der Waals surface area contributed by atoms with Crippen LogP contribution in [0.2, 0.25) is 5.02 Å². The zero-order chi connectivity index (χ0) is 20.9. The van der Waals surface area contributed by atoms with Crippen molar-refractivity contribution in [2.75, 3.05) is 6.61 Å². The molecule has 4 nitrogen and oxygen atoms in total. The fourth-order valence-electron chi connectivity index (χ4n) is 3.49. The maximum Gasteiger partial charge on any atom is 0.341 e. The first-order valence-corrected chi connectivity index (χ1v) is 11.2. The van der Waals surface area contributed by atoms with Crippen LogP contribution in [0.25, 0.3) is 0 Å². The number of hydrogen-bond donors (Lipinski definition) is 0. The van der Waals surface area contributed by atoms with E-state index in [0.29, 0.717) is 28.7 Å². The van der Waals surface area contributed by atoms with Crippen LogP contribution < -0.4 is 4.74 Å². The molecule has 0 aliphatic heterocycles. The minimum atomic E-state index is -0.274. The molecule has 1 aromatic heterocycles. The van der Waals surface area contributed by atoms with Crippen LogP contribution in [-0.2, 0) is 17.6 Å². The first-order valence-electron chi connectivity index (χ1n) is 10.0. The summed E-state index contributed by atoms with van der Waals surface area (Å²) in [5.41, 5.74) is 2.65. The zero-order valence-electron chi connectivity index (χ0n) is 16.7. The van der Waals surface area contributed by atoms with Crippen molar-refractivity contribution in [2.24, 2.45) is 4.99 Å². The number of hydrogen-bond acceptors (Lipinski definition) is 5. The van der Waals surface area contributed by atoms with Gasteiger partial charge in [0.05, 0.1) is 12.2 Å². The third kappa shape index (κ3) is 4.74. The summed E-state index contributed by atoms with van der Waals surface area (Å²) in [6, 6.07) is 14.9. The monoisotopic (exact) mass is 439 g/mol. The molecule has 1 aliphatic rings. The van der Waals surface area contributed by atoms with Crippen LogP contribution in [0.4, 0.5) is 5.00 Å². The lowest BCUT2D eigenvalue weighted by Gasteiger charge is -2.11. The third-order valence-corrected chi connectivity index (χ3v) is 6.32. The molecule has 0 radical (unpaired) electrons. The molecule has 4 rings (SSSR count). The number of nitrogens with zero attached hydrogens (tertiary/aromatic N) is 1. The standard InChI is InChI=1S/C24H22ClNO3S/c1-2-28-24(27)22-20-8-3-4-9-21(20)30-23(22)26-15-16-6-5-7-19(14-16)29-18-12-10-17(25)11-13-18/h5-7,10-15H,2-4,8-9H2,1H3. The van der Waals surface area contributed by atoms with Gasteiger partial charge >= 0.3 is 5.97 Å². The number of thiophene rings is 1. The van der Waals surface area contributed by atoms with E-state index < -0.39 is 0 Å². The van der Waals surface area contributed by atoms with Gasteiger partial charge in [-0.2, -0.15) is 0 Å². The predicted molar refractivity (Wildman–Crippen MR) is 122 cm³/mol. The van der Waals surface area contributed by atoms with E-state index in [1.807, 2.05) is 43.3 Å². The lowest BCUT2D eigenvalue weighted by molar-refractivity contribution is 0.0526. The molecule has 0 saturated carbocycles. The van der Waals surface area contributed by atoms with Crippen molar-refractivity contribution in [1.29, 1.82) is 0 Å². The van der Waals surface area contributed by atoms with Gasteiger partial charge in [-0.1, -0.05) is 23.7 Å². The molecule has 3 aromatic rings. The summed E-state index contributed by atoms with van der Waals surface area (Å²) in [7, 11) is 0. The van der Waals surface area contributed by atoms with Crippen molar-refractivity contribution in [1.82, 2.24) is 0 Å². The van der Waals surface area contributed by atoms with Crippen molar-refractivity contribution < 1.29 is 14.3 Å². The molecule has 0 bridgehead atoms. The fraction of sp³-hybridized carbons (Fsp3) is 0.250. The van der Waals surface area contributed by atoms with Gasteiger partial charge in [0.1, 0.15) is 16.5 Å². The summed E-state index contributed by atoms with van der Waals surface area (Å²) in [6.07, 6.45) is 5.95. The van der Waals surface area contributed by atoms with Crippen LogP contribution in [0.1, 0.15) is 46.1 Å². The Bertz CT molecular complexity index is 1070. The van der Waals surface area contributed by atoms with Gasteiger partial charge < -0.3 is 9.47 Å². The molecule has 2 aromatic carbocycles. The average molecular weight is 440 g/mol. The van der Waals surface area contributed by atoms with Gasteiger partial charge in [0.15, 0.2) is 0 Å². The van der Waals surface area contributed by atoms with Crippen molar-refractivity contribution >= 4 is 40.1 Å². The lowest BCUT2D eigenvalue weighted by Crippen LogP contribution is -2.09. The van der Waals surface area contributed by atoms with Crippen LogP contribution in [0.5, 0.6) is 11.5 Å². The van der Waals surface area contributed by atoms with Crippen LogP contribution >= 0.6 is 22.9 Å². The molecule has 1 aliphatic carbocycles. The molecule has 0 saturated heterocycles.